The predicted molar refractivity (Wildman–Crippen MR) is 79.1 cm³/mol. The monoisotopic (exact) mass is 293 g/mol. The minimum Gasteiger partial charge on any atom is -0.468 e. The van der Waals surface area contributed by atoms with Gasteiger partial charge < -0.3 is 14.5 Å². The fourth-order valence-electron chi connectivity index (χ4n) is 1.65. The Morgan fingerprint density at radius 3 is 2.90 bits per heavy atom. The molecule has 2 aromatic heterocycles. The minimum atomic E-state index is 0.402. The summed E-state index contributed by atoms with van der Waals surface area (Å²) in [6.45, 7) is 5.35. The van der Waals surface area contributed by atoms with E-state index in [1.807, 2.05) is 19.1 Å². The highest BCUT2D eigenvalue weighted by atomic mass is 32.2. The van der Waals surface area contributed by atoms with Crippen molar-refractivity contribution in [2.45, 2.75) is 36.8 Å². The zero-order valence-electron chi connectivity index (χ0n) is 12.0. The van der Waals surface area contributed by atoms with Crippen LogP contribution in [0.2, 0.25) is 0 Å². The number of nitrogens with one attached hydrogen (secondary N) is 1. The van der Waals surface area contributed by atoms with Gasteiger partial charge in [-0.05, 0) is 19.4 Å². The molecule has 0 spiro atoms. The van der Waals surface area contributed by atoms with Crippen LogP contribution in [0.5, 0.6) is 0 Å². The molecule has 0 aliphatic rings. The number of furan rings is 1. The number of methoxy groups -OCH3 is 1. The van der Waals surface area contributed by atoms with Crippen LogP contribution in [0.1, 0.15) is 24.9 Å². The molecule has 2 aromatic rings. The molecule has 0 fully saturated rings. The molecule has 0 radical (unpaired) electrons. The lowest BCUT2D eigenvalue weighted by Crippen LogP contribution is -2.06. The van der Waals surface area contributed by atoms with Crippen molar-refractivity contribution in [1.29, 1.82) is 0 Å². The van der Waals surface area contributed by atoms with E-state index >= 15 is 0 Å². The molecule has 0 aromatic carbocycles. The highest BCUT2D eigenvalue weighted by molar-refractivity contribution is 7.99. The molecule has 20 heavy (non-hydrogen) atoms. The minimum absolute atomic E-state index is 0.402. The summed E-state index contributed by atoms with van der Waals surface area (Å²) in [6, 6.07) is 3.89. The van der Waals surface area contributed by atoms with Gasteiger partial charge in [-0.3, -0.25) is 0 Å². The topological polar surface area (TPSA) is 60.2 Å². The lowest BCUT2D eigenvalue weighted by molar-refractivity contribution is 0.177. The number of aryl methyl sites for hydroxylation is 1. The molecule has 1 N–H and O–H groups in total. The molecule has 2 rings (SSSR count). The van der Waals surface area contributed by atoms with Gasteiger partial charge in [0.05, 0.1) is 11.2 Å². The summed E-state index contributed by atoms with van der Waals surface area (Å²) < 4.78 is 10.4. The Kier molecular flexibility index (Phi) is 5.43. The standard InChI is InChI=1S/C14H19N3O2S/c1-4-6-15-12-8-14(17-13(16-12)9-18-3)20-11-5-7-19-10(11)2/h5,7-8H,4,6,9H2,1-3H3,(H,15,16,17). The number of rotatable bonds is 7. The van der Waals surface area contributed by atoms with Crippen LogP contribution in [0, 0.1) is 6.92 Å². The molecular formula is C14H19N3O2S. The number of hydrogen-bond acceptors (Lipinski definition) is 6. The molecule has 5 nitrogen and oxygen atoms in total. The Bertz CT molecular complexity index is 557. The molecule has 0 saturated carbocycles. The van der Waals surface area contributed by atoms with E-state index in [0.717, 1.165) is 34.5 Å². The molecule has 0 unspecified atom stereocenters. The lowest BCUT2D eigenvalue weighted by atomic mass is 10.4. The van der Waals surface area contributed by atoms with Crippen LogP contribution in [-0.2, 0) is 11.3 Å². The van der Waals surface area contributed by atoms with Crippen LogP contribution in [-0.4, -0.2) is 23.6 Å². The second-order valence-corrected chi connectivity index (χ2v) is 5.37. The summed E-state index contributed by atoms with van der Waals surface area (Å²) in [7, 11) is 1.64. The number of ether oxygens (including phenoxy) is 1. The molecule has 0 bridgehead atoms. The summed E-state index contributed by atoms with van der Waals surface area (Å²) in [6.07, 6.45) is 2.73. The maximum Gasteiger partial charge on any atom is 0.157 e. The first-order valence-corrected chi connectivity index (χ1v) is 7.37. The van der Waals surface area contributed by atoms with Gasteiger partial charge >= 0.3 is 0 Å². The lowest BCUT2D eigenvalue weighted by Gasteiger charge is -2.08. The van der Waals surface area contributed by atoms with Crippen LogP contribution in [0.15, 0.2) is 32.7 Å². The third-order valence-electron chi connectivity index (χ3n) is 2.60. The molecule has 0 aliphatic carbocycles. The summed E-state index contributed by atoms with van der Waals surface area (Å²) in [5.74, 6) is 2.40. The Labute approximate surface area is 123 Å². The first-order chi connectivity index (χ1) is 9.72. The highest BCUT2D eigenvalue weighted by Gasteiger charge is 2.09. The SMILES string of the molecule is CCCNc1cc(Sc2ccoc2C)nc(COC)n1. The van der Waals surface area contributed by atoms with Crippen molar-refractivity contribution >= 4 is 17.6 Å². The van der Waals surface area contributed by atoms with Crippen LogP contribution in [0.4, 0.5) is 5.82 Å². The zero-order chi connectivity index (χ0) is 14.4. The highest BCUT2D eigenvalue weighted by Crippen LogP contribution is 2.30. The van der Waals surface area contributed by atoms with Gasteiger partial charge in [0.2, 0.25) is 0 Å². The van der Waals surface area contributed by atoms with Crippen molar-refractivity contribution in [3.63, 3.8) is 0 Å². The number of nitrogens with zero attached hydrogens (tertiary/aromatic N) is 2. The van der Waals surface area contributed by atoms with Gasteiger partial charge in [0.25, 0.3) is 0 Å². The van der Waals surface area contributed by atoms with Crippen molar-refractivity contribution < 1.29 is 9.15 Å². The first kappa shape index (κ1) is 14.9. The van der Waals surface area contributed by atoms with E-state index in [4.69, 9.17) is 9.15 Å². The van der Waals surface area contributed by atoms with Crippen molar-refractivity contribution in [1.82, 2.24) is 9.97 Å². The maximum absolute atomic E-state index is 5.31. The van der Waals surface area contributed by atoms with E-state index in [2.05, 4.69) is 22.2 Å². The zero-order valence-corrected chi connectivity index (χ0v) is 12.8. The normalized spacial score (nSPS) is 10.8. The first-order valence-electron chi connectivity index (χ1n) is 6.55. The molecule has 0 aliphatic heterocycles. The summed E-state index contributed by atoms with van der Waals surface area (Å²) in [5, 5.41) is 4.17. The average Bonchev–Trinajstić information content (AvgIpc) is 2.82. The predicted octanol–water partition coefficient (Wildman–Crippen LogP) is 3.50. The smallest absolute Gasteiger partial charge is 0.157 e. The Hall–Kier alpha value is -1.53. The quantitative estimate of drug-likeness (QED) is 0.788. The van der Waals surface area contributed by atoms with Gasteiger partial charge in [-0.25, -0.2) is 9.97 Å². The van der Waals surface area contributed by atoms with Crippen LogP contribution in [0.25, 0.3) is 0 Å². The largest absolute Gasteiger partial charge is 0.468 e. The molecular weight excluding hydrogens is 274 g/mol. The van der Waals surface area contributed by atoms with Crippen molar-refractivity contribution in [2.24, 2.45) is 0 Å². The number of aromatic nitrogens is 2. The summed E-state index contributed by atoms with van der Waals surface area (Å²) >= 11 is 1.57. The second-order valence-electron chi connectivity index (χ2n) is 4.31. The van der Waals surface area contributed by atoms with Gasteiger partial charge in [0.15, 0.2) is 5.82 Å². The Morgan fingerprint density at radius 1 is 1.40 bits per heavy atom. The maximum atomic E-state index is 5.31. The van der Waals surface area contributed by atoms with Gasteiger partial charge in [0, 0.05) is 19.7 Å². The Balaban J connectivity index is 2.21. The Morgan fingerprint density at radius 2 is 2.25 bits per heavy atom. The fraction of sp³-hybridized carbons (Fsp3) is 0.429. The van der Waals surface area contributed by atoms with Gasteiger partial charge in [0.1, 0.15) is 23.2 Å². The van der Waals surface area contributed by atoms with Crippen LogP contribution < -0.4 is 5.32 Å². The van der Waals surface area contributed by atoms with Crippen LogP contribution >= 0.6 is 11.8 Å². The van der Waals surface area contributed by atoms with Crippen molar-refractivity contribution in [2.75, 3.05) is 19.0 Å². The summed E-state index contributed by atoms with van der Waals surface area (Å²) in [5.41, 5.74) is 0. The van der Waals surface area contributed by atoms with Crippen molar-refractivity contribution in [3.8, 4) is 0 Å². The number of anilines is 1. The van der Waals surface area contributed by atoms with E-state index < -0.39 is 0 Å². The van der Waals surface area contributed by atoms with E-state index in [1.165, 1.54) is 0 Å². The molecule has 108 valence electrons. The molecule has 0 saturated heterocycles. The van der Waals surface area contributed by atoms with E-state index in [0.29, 0.717) is 12.4 Å². The fourth-order valence-corrected chi connectivity index (χ4v) is 2.52. The third-order valence-corrected chi connectivity index (χ3v) is 3.67. The summed E-state index contributed by atoms with van der Waals surface area (Å²) in [4.78, 5) is 9.98. The molecule has 0 atom stereocenters. The van der Waals surface area contributed by atoms with E-state index in [1.54, 1.807) is 25.1 Å². The average molecular weight is 293 g/mol. The van der Waals surface area contributed by atoms with Gasteiger partial charge in [-0.2, -0.15) is 0 Å². The molecule has 0 amide bonds. The van der Waals surface area contributed by atoms with E-state index in [-0.39, 0.29) is 0 Å². The molecule has 2 heterocycles. The second kappa shape index (κ2) is 7.31. The van der Waals surface area contributed by atoms with E-state index in [9.17, 15) is 0 Å². The van der Waals surface area contributed by atoms with Crippen LogP contribution in [0.3, 0.4) is 0 Å². The van der Waals surface area contributed by atoms with Gasteiger partial charge in [-0.15, -0.1) is 0 Å². The van der Waals surface area contributed by atoms with Gasteiger partial charge in [-0.1, -0.05) is 18.7 Å². The number of hydrogen-bond donors (Lipinski definition) is 1. The third kappa shape index (κ3) is 3.98. The molecule has 6 heteroatoms. The van der Waals surface area contributed by atoms with Crippen molar-refractivity contribution in [3.05, 3.63) is 30.0 Å².